The van der Waals surface area contributed by atoms with E-state index < -0.39 is 5.97 Å². The van der Waals surface area contributed by atoms with E-state index in [-0.39, 0.29) is 0 Å². The van der Waals surface area contributed by atoms with Crippen molar-refractivity contribution in [3.05, 3.63) is 59.7 Å². The summed E-state index contributed by atoms with van der Waals surface area (Å²) in [4.78, 5) is 30.7. The Morgan fingerprint density at radius 3 is 2.14 bits per heavy atom. The van der Waals surface area contributed by atoms with Crippen molar-refractivity contribution in [3.8, 4) is 11.5 Å². The summed E-state index contributed by atoms with van der Waals surface area (Å²) in [7, 11) is 1.53. The van der Waals surface area contributed by atoms with Crippen molar-refractivity contribution >= 4 is 30.0 Å². The first kappa shape index (κ1) is 23.5. The van der Waals surface area contributed by atoms with E-state index in [2.05, 4.69) is 30.3 Å². The molecule has 5 rings (SSSR count). The molecule has 1 N–H and O–H groups in total. The number of anilines is 3. The van der Waals surface area contributed by atoms with Crippen molar-refractivity contribution in [1.29, 1.82) is 0 Å². The molecular weight excluding hydrogens is 458 g/mol. The third kappa shape index (κ3) is 5.54. The molecule has 0 saturated carbocycles. The number of methoxy groups -OCH3 is 1. The molecule has 0 spiro atoms. The van der Waals surface area contributed by atoms with Gasteiger partial charge in [-0.15, -0.1) is 0 Å². The van der Waals surface area contributed by atoms with Crippen molar-refractivity contribution < 1.29 is 14.3 Å². The van der Waals surface area contributed by atoms with Crippen molar-refractivity contribution in [1.82, 2.24) is 15.0 Å². The highest BCUT2D eigenvalue weighted by Crippen LogP contribution is 2.28. The van der Waals surface area contributed by atoms with E-state index in [9.17, 15) is 4.79 Å². The summed E-state index contributed by atoms with van der Waals surface area (Å²) in [6.45, 7) is 3.81. The molecule has 10 heteroatoms. The van der Waals surface area contributed by atoms with Gasteiger partial charge in [0.2, 0.25) is 17.8 Å². The summed E-state index contributed by atoms with van der Waals surface area (Å²) >= 11 is 0. The van der Waals surface area contributed by atoms with Gasteiger partial charge in [-0.2, -0.15) is 20.1 Å². The maximum Gasteiger partial charge on any atom is 0.343 e. The second kappa shape index (κ2) is 11.0. The quantitative estimate of drug-likeness (QED) is 0.220. The third-order valence-electron chi connectivity index (χ3n) is 6.17. The van der Waals surface area contributed by atoms with Gasteiger partial charge in [-0.3, -0.25) is 0 Å². The molecule has 36 heavy (non-hydrogen) atoms. The predicted molar refractivity (Wildman–Crippen MR) is 138 cm³/mol. The van der Waals surface area contributed by atoms with Gasteiger partial charge in [0.15, 0.2) is 11.5 Å². The number of nitrogens with zero attached hydrogens (tertiary/aromatic N) is 6. The van der Waals surface area contributed by atoms with Crippen molar-refractivity contribution in [2.75, 3.05) is 48.5 Å². The number of rotatable bonds is 8. The van der Waals surface area contributed by atoms with Gasteiger partial charge in [0.25, 0.3) is 0 Å². The Morgan fingerprint density at radius 2 is 1.53 bits per heavy atom. The Kier molecular flexibility index (Phi) is 7.20. The fourth-order valence-electron chi connectivity index (χ4n) is 4.27. The lowest BCUT2D eigenvalue weighted by atomic mass is 10.2. The van der Waals surface area contributed by atoms with Gasteiger partial charge in [0.05, 0.1) is 18.9 Å². The molecule has 2 fully saturated rings. The molecule has 0 unspecified atom stereocenters. The maximum absolute atomic E-state index is 12.4. The molecule has 10 nitrogen and oxygen atoms in total. The minimum atomic E-state index is -0.450. The van der Waals surface area contributed by atoms with Crippen LogP contribution in [0.4, 0.5) is 17.8 Å². The first-order valence-corrected chi connectivity index (χ1v) is 12.2. The Balaban J connectivity index is 1.30. The molecule has 3 aromatic rings. The number of ether oxygens (including phenoxy) is 2. The molecule has 0 amide bonds. The number of hydrogen-bond donors (Lipinski definition) is 1. The van der Waals surface area contributed by atoms with Gasteiger partial charge in [-0.1, -0.05) is 18.2 Å². The van der Waals surface area contributed by atoms with Crippen LogP contribution < -0.4 is 24.7 Å². The molecule has 2 aliphatic heterocycles. The van der Waals surface area contributed by atoms with E-state index in [1.807, 2.05) is 6.07 Å². The molecule has 3 heterocycles. The Hall–Kier alpha value is -4.21. The zero-order valence-electron chi connectivity index (χ0n) is 20.3. The highest BCUT2D eigenvalue weighted by atomic mass is 16.6. The van der Waals surface area contributed by atoms with Gasteiger partial charge >= 0.3 is 5.97 Å². The number of benzene rings is 2. The van der Waals surface area contributed by atoms with Gasteiger partial charge < -0.3 is 19.3 Å². The zero-order chi connectivity index (χ0) is 24.7. The summed E-state index contributed by atoms with van der Waals surface area (Å²) < 4.78 is 10.9. The SMILES string of the molecule is COc1cc(/C=N\Nc2nc(N3CCCC3)nc(N3CCCC3)n2)ccc1OC(=O)c1ccccc1. The summed E-state index contributed by atoms with van der Waals surface area (Å²) in [5.41, 5.74) is 4.18. The molecule has 186 valence electrons. The highest BCUT2D eigenvalue weighted by Gasteiger charge is 2.21. The predicted octanol–water partition coefficient (Wildman–Crippen LogP) is 3.75. The topological polar surface area (TPSA) is 105 Å². The Labute approximate surface area is 210 Å². The molecule has 0 bridgehead atoms. The lowest BCUT2D eigenvalue weighted by Gasteiger charge is -2.20. The number of nitrogens with one attached hydrogen (secondary N) is 1. The summed E-state index contributed by atoms with van der Waals surface area (Å²) in [6.07, 6.45) is 6.21. The molecule has 0 atom stereocenters. The van der Waals surface area contributed by atoms with Crippen LogP contribution in [0, 0.1) is 0 Å². The normalized spacial score (nSPS) is 15.5. The van der Waals surface area contributed by atoms with E-state index in [1.54, 1.807) is 48.7 Å². The second-order valence-electron chi connectivity index (χ2n) is 8.68. The number of esters is 1. The second-order valence-corrected chi connectivity index (χ2v) is 8.68. The van der Waals surface area contributed by atoms with Crippen LogP contribution in [-0.2, 0) is 0 Å². The van der Waals surface area contributed by atoms with E-state index in [0.29, 0.717) is 34.9 Å². The first-order valence-electron chi connectivity index (χ1n) is 12.2. The largest absolute Gasteiger partial charge is 0.493 e. The van der Waals surface area contributed by atoms with E-state index in [4.69, 9.17) is 14.5 Å². The van der Waals surface area contributed by atoms with Crippen LogP contribution >= 0.6 is 0 Å². The molecule has 0 aliphatic carbocycles. The zero-order valence-corrected chi connectivity index (χ0v) is 20.3. The fraction of sp³-hybridized carbons (Fsp3) is 0.346. The molecule has 0 radical (unpaired) electrons. The van der Waals surface area contributed by atoms with Gasteiger partial charge in [-0.25, -0.2) is 10.2 Å². The van der Waals surface area contributed by atoms with Crippen LogP contribution in [0.2, 0.25) is 0 Å². The van der Waals surface area contributed by atoms with Crippen molar-refractivity contribution in [2.45, 2.75) is 25.7 Å². The van der Waals surface area contributed by atoms with Crippen LogP contribution in [0.15, 0.2) is 53.6 Å². The summed E-state index contributed by atoms with van der Waals surface area (Å²) in [6, 6.07) is 14.0. The van der Waals surface area contributed by atoms with Crippen LogP contribution in [0.25, 0.3) is 0 Å². The first-order chi connectivity index (χ1) is 17.7. The lowest BCUT2D eigenvalue weighted by molar-refractivity contribution is 0.0729. The molecular formula is C26H29N7O3. The van der Waals surface area contributed by atoms with Crippen molar-refractivity contribution in [3.63, 3.8) is 0 Å². The monoisotopic (exact) mass is 487 g/mol. The van der Waals surface area contributed by atoms with Gasteiger partial charge in [0.1, 0.15) is 0 Å². The molecule has 2 saturated heterocycles. The number of carbonyl (C=O) groups is 1. The van der Waals surface area contributed by atoms with Crippen LogP contribution in [0.1, 0.15) is 41.6 Å². The van der Waals surface area contributed by atoms with E-state index >= 15 is 0 Å². The summed E-state index contributed by atoms with van der Waals surface area (Å²) in [5.74, 6) is 2.09. The van der Waals surface area contributed by atoms with Crippen LogP contribution in [0.3, 0.4) is 0 Å². The minimum Gasteiger partial charge on any atom is -0.493 e. The standard InChI is InChI=1S/C26H29N7O3/c1-35-22-17-19(11-12-21(22)36-23(34)20-9-3-2-4-10-20)18-27-31-24-28-25(32-13-5-6-14-32)30-26(29-24)33-15-7-8-16-33/h2-4,9-12,17-18H,5-8,13-16H2,1H3,(H,28,29,30,31)/b27-18-. The average Bonchev–Trinajstić information content (AvgIpc) is 3.65. The number of hydrazone groups is 1. The number of aromatic nitrogens is 3. The van der Waals surface area contributed by atoms with Crippen LogP contribution in [-0.4, -0.2) is 60.4 Å². The third-order valence-corrected chi connectivity index (χ3v) is 6.17. The maximum atomic E-state index is 12.4. The van der Waals surface area contributed by atoms with E-state index in [1.165, 1.54) is 7.11 Å². The Bertz CT molecular complexity index is 1190. The molecule has 1 aromatic heterocycles. The van der Waals surface area contributed by atoms with Crippen LogP contribution in [0.5, 0.6) is 11.5 Å². The number of carbonyl (C=O) groups excluding carboxylic acids is 1. The fourth-order valence-corrected chi connectivity index (χ4v) is 4.27. The highest BCUT2D eigenvalue weighted by molar-refractivity contribution is 5.91. The number of hydrogen-bond acceptors (Lipinski definition) is 10. The summed E-state index contributed by atoms with van der Waals surface area (Å²) in [5, 5.41) is 4.33. The molecule has 2 aliphatic rings. The van der Waals surface area contributed by atoms with Gasteiger partial charge in [0, 0.05) is 26.2 Å². The minimum absolute atomic E-state index is 0.333. The van der Waals surface area contributed by atoms with Gasteiger partial charge in [-0.05, 0) is 61.6 Å². The Morgan fingerprint density at radius 1 is 0.889 bits per heavy atom. The van der Waals surface area contributed by atoms with E-state index in [0.717, 1.165) is 57.4 Å². The van der Waals surface area contributed by atoms with Crippen molar-refractivity contribution in [2.24, 2.45) is 5.10 Å². The average molecular weight is 488 g/mol. The smallest absolute Gasteiger partial charge is 0.343 e. The molecule has 2 aromatic carbocycles. The lowest BCUT2D eigenvalue weighted by Crippen LogP contribution is -2.25.